The number of hydrogen-bond acceptors (Lipinski definition) is 6. The molecule has 380 valence electrons. The molecule has 0 radical (unpaired) electrons. The van der Waals surface area contributed by atoms with Crippen LogP contribution >= 0.6 is 0 Å². The van der Waals surface area contributed by atoms with E-state index in [0.717, 1.165) is 57.8 Å². The van der Waals surface area contributed by atoms with Gasteiger partial charge in [-0.15, -0.1) is 0 Å². The minimum atomic E-state index is -0.760. The Morgan fingerprint density at radius 3 is 0.625 bits per heavy atom. The van der Waals surface area contributed by atoms with Crippen LogP contribution in [0.4, 0.5) is 0 Å². The van der Waals surface area contributed by atoms with Gasteiger partial charge in [-0.3, -0.25) is 14.4 Å². The molecule has 0 rings (SSSR count). The second-order valence-corrected chi connectivity index (χ2v) is 19.9. The molecule has 0 unspecified atom stereocenters. The van der Waals surface area contributed by atoms with Crippen molar-refractivity contribution >= 4 is 17.9 Å². The highest BCUT2D eigenvalue weighted by molar-refractivity contribution is 5.71. The number of hydrogen-bond donors (Lipinski definition) is 0. The van der Waals surface area contributed by atoms with Gasteiger partial charge < -0.3 is 14.2 Å². The fourth-order valence-corrected chi connectivity index (χ4v) is 8.98. The number of unbranched alkanes of at least 4 members (excludes halogenated alkanes) is 43. The van der Waals surface area contributed by atoms with Crippen molar-refractivity contribution in [1.82, 2.24) is 0 Å². The molecule has 0 spiro atoms. The number of carbonyl (C=O) groups excluding carboxylic acids is 3. The van der Waals surface area contributed by atoms with E-state index >= 15 is 0 Å². The predicted molar refractivity (Wildman–Crippen MR) is 275 cm³/mol. The van der Waals surface area contributed by atoms with Crippen LogP contribution < -0.4 is 0 Å². The molecule has 0 aliphatic rings. The summed E-state index contributed by atoms with van der Waals surface area (Å²) in [5, 5.41) is 0. The van der Waals surface area contributed by atoms with Crippen molar-refractivity contribution < 1.29 is 28.6 Å². The maximum absolute atomic E-state index is 12.8. The maximum Gasteiger partial charge on any atom is 0.306 e. The highest BCUT2D eigenvalue weighted by atomic mass is 16.6. The van der Waals surface area contributed by atoms with Crippen LogP contribution in [0.25, 0.3) is 0 Å². The molecule has 0 aromatic carbocycles. The van der Waals surface area contributed by atoms with E-state index in [-0.39, 0.29) is 31.1 Å². The maximum atomic E-state index is 12.8. The van der Waals surface area contributed by atoms with E-state index < -0.39 is 6.10 Å². The Hall–Kier alpha value is -1.59. The van der Waals surface area contributed by atoms with Crippen LogP contribution in [0.3, 0.4) is 0 Å². The molecule has 0 aromatic heterocycles. The van der Waals surface area contributed by atoms with Crippen molar-refractivity contribution in [1.29, 1.82) is 0 Å². The lowest BCUT2D eigenvalue weighted by Gasteiger charge is -2.18. The van der Waals surface area contributed by atoms with Crippen molar-refractivity contribution in [2.45, 2.75) is 341 Å². The third-order valence-corrected chi connectivity index (χ3v) is 13.4. The van der Waals surface area contributed by atoms with E-state index in [1.165, 1.54) is 238 Å². The van der Waals surface area contributed by atoms with Crippen LogP contribution in [0.1, 0.15) is 335 Å². The van der Waals surface area contributed by atoms with Crippen molar-refractivity contribution in [3.8, 4) is 0 Å². The molecular weight excluding hydrogens is 793 g/mol. The molecule has 64 heavy (non-hydrogen) atoms. The van der Waals surface area contributed by atoms with Gasteiger partial charge in [-0.1, -0.05) is 297 Å². The zero-order valence-corrected chi connectivity index (χ0v) is 43.6. The molecule has 0 bridgehead atoms. The average Bonchev–Trinajstić information content (AvgIpc) is 3.29. The Morgan fingerprint density at radius 1 is 0.250 bits per heavy atom. The molecule has 0 saturated heterocycles. The summed E-state index contributed by atoms with van der Waals surface area (Å²) in [6, 6.07) is 0. The molecular formula is C58H112O6. The number of esters is 3. The minimum Gasteiger partial charge on any atom is -0.462 e. The standard InChI is InChI=1S/C58H112O6/c1-4-7-10-13-16-19-22-25-27-29-31-34-36-39-42-45-48-51-57(60)63-54-55(64-58(61)52-49-46-43-40-37-32-24-21-18-15-12-9-6-3)53-62-56(59)50-47-44-41-38-35-33-30-28-26-23-20-17-14-11-8-5-2/h55H,4-54H2,1-3H3/t55-/m1/s1. The Morgan fingerprint density at radius 2 is 0.422 bits per heavy atom. The second-order valence-electron chi connectivity index (χ2n) is 19.9. The van der Waals surface area contributed by atoms with Gasteiger partial charge in [0, 0.05) is 19.3 Å². The summed E-state index contributed by atoms with van der Waals surface area (Å²) in [5.74, 6) is -0.832. The van der Waals surface area contributed by atoms with Gasteiger partial charge in [-0.05, 0) is 19.3 Å². The van der Waals surface area contributed by atoms with Crippen molar-refractivity contribution in [2.24, 2.45) is 0 Å². The quantitative estimate of drug-likeness (QED) is 0.0344. The van der Waals surface area contributed by atoms with E-state index in [1.807, 2.05) is 0 Å². The first-order chi connectivity index (χ1) is 31.5. The predicted octanol–water partition coefficient (Wildman–Crippen LogP) is 19.2. The summed E-state index contributed by atoms with van der Waals surface area (Å²) in [6.07, 6.45) is 59.5. The molecule has 0 heterocycles. The van der Waals surface area contributed by atoms with Gasteiger partial charge in [0.25, 0.3) is 0 Å². The molecule has 6 heteroatoms. The molecule has 0 amide bonds. The molecule has 0 aliphatic carbocycles. The van der Waals surface area contributed by atoms with Crippen LogP contribution in [0.15, 0.2) is 0 Å². The second kappa shape index (κ2) is 54.0. The molecule has 0 aliphatic heterocycles. The van der Waals surface area contributed by atoms with E-state index in [1.54, 1.807) is 0 Å². The van der Waals surface area contributed by atoms with Crippen molar-refractivity contribution in [2.75, 3.05) is 13.2 Å². The van der Waals surface area contributed by atoms with Gasteiger partial charge >= 0.3 is 17.9 Å². The average molecular weight is 906 g/mol. The third kappa shape index (κ3) is 51.4. The van der Waals surface area contributed by atoms with Gasteiger partial charge in [0.05, 0.1) is 0 Å². The topological polar surface area (TPSA) is 78.9 Å². The minimum absolute atomic E-state index is 0.0610. The summed E-state index contributed by atoms with van der Waals surface area (Å²) in [6.45, 7) is 6.71. The highest BCUT2D eigenvalue weighted by Gasteiger charge is 2.19. The van der Waals surface area contributed by atoms with Gasteiger partial charge in [-0.25, -0.2) is 0 Å². The molecule has 0 fully saturated rings. The first-order valence-electron chi connectivity index (χ1n) is 29.0. The van der Waals surface area contributed by atoms with E-state index in [2.05, 4.69) is 20.8 Å². The monoisotopic (exact) mass is 905 g/mol. The molecule has 6 nitrogen and oxygen atoms in total. The number of carbonyl (C=O) groups is 3. The largest absolute Gasteiger partial charge is 0.462 e. The molecule has 0 aromatic rings. The van der Waals surface area contributed by atoms with Crippen LogP contribution in [0.2, 0.25) is 0 Å². The Labute approximate surface area is 399 Å². The third-order valence-electron chi connectivity index (χ3n) is 13.4. The van der Waals surface area contributed by atoms with E-state index in [0.29, 0.717) is 19.3 Å². The highest BCUT2D eigenvalue weighted by Crippen LogP contribution is 2.18. The summed E-state index contributed by atoms with van der Waals surface area (Å²) < 4.78 is 16.9. The zero-order chi connectivity index (χ0) is 46.5. The number of rotatable bonds is 54. The molecule has 0 N–H and O–H groups in total. The van der Waals surface area contributed by atoms with E-state index in [9.17, 15) is 14.4 Å². The smallest absolute Gasteiger partial charge is 0.306 e. The van der Waals surface area contributed by atoms with Gasteiger partial charge in [-0.2, -0.15) is 0 Å². The summed E-state index contributed by atoms with van der Waals surface area (Å²) in [7, 11) is 0. The van der Waals surface area contributed by atoms with Crippen LogP contribution in [-0.4, -0.2) is 37.2 Å². The molecule has 0 saturated carbocycles. The van der Waals surface area contributed by atoms with E-state index in [4.69, 9.17) is 14.2 Å². The lowest BCUT2D eigenvalue weighted by Crippen LogP contribution is -2.30. The van der Waals surface area contributed by atoms with Gasteiger partial charge in [0.1, 0.15) is 13.2 Å². The first-order valence-corrected chi connectivity index (χ1v) is 29.0. The zero-order valence-electron chi connectivity index (χ0n) is 43.6. The first kappa shape index (κ1) is 62.4. The Kier molecular flexibility index (Phi) is 52.7. The lowest BCUT2D eigenvalue weighted by molar-refractivity contribution is -0.167. The van der Waals surface area contributed by atoms with Crippen molar-refractivity contribution in [3.05, 3.63) is 0 Å². The van der Waals surface area contributed by atoms with Crippen LogP contribution in [0.5, 0.6) is 0 Å². The fraction of sp³-hybridized carbons (Fsp3) is 0.948. The van der Waals surface area contributed by atoms with Crippen LogP contribution in [0, 0.1) is 0 Å². The normalized spacial score (nSPS) is 11.9. The number of ether oxygens (including phenoxy) is 3. The Bertz CT molecular complexity index is 951. The molecule has 1 atom stereocenters. The van der Waals surface area contributed by atoms with Crippen LogP contribution in [-0.2, 0) is 28.6 Å². The fourth-order valence-electron chi connectivity index (χ4n) is 8.98. The Balaban J connectivity index is 4.27. The summed E-state index contributed by atoms with van der Waals surface area (Å²) >= 11 is 0. The van der Waals surface area contributed by atoms with Crippen molar-refractivity contribution in [3.63, 3.8) is 0 Å². The van der Waals surface area contributed by atoms with Gasteiger partial charge in [0.15, 0.2) is 6.10 Å². The SMILES string of the molecule is CCCCCCCCCCCCCCCCCCCC(=O)OC[C@@H](COC(=O)CCCCCCCCCCCCCCCCCC)OC(=O)CCCCCCCCCCCCCCC. The summed E-state index contributed by atoms with van der Waals surface area (Å²) in [4.78, 5) is 38.1. The summed E-state index contributed by atoms with van der Waals surface area (Å²) in [5.41, 5.74) is 0. The van der Waals surface area contributed by atoms with Gasteiger partial charge in [0.2, 0.25) is 0 Å². The lowest BCUT2D eigenvalue weighted by atomic mass is 10.0.